The molecule has 2 rings (SSSR count). The van der Waals surface area contributed by atoms with E-state index in [1.807, 2.05) is 24.3 Å². The summed E-state index contributed by atoms with van der Waals surface area (Å²) >= 11 is 9.44. The van der Waals surface area contributed by atoms with Gasteiger partial charge in [0.05, 0.1) is 15.5 Å². The minimum absolute atomic E-state index is 0.0671. The normalized spacial score (nSPS) is 21.9. The summed E-state index contributed by atoms with van der Waals surface area (Å²) in [5, 5.41) is 0.632. The van der Waals surface area contributed by atoms with Crippen molar-refractivity contribution in [1.82, 2.24) is 0 Å². The Kier molecular flexibility index (Phi) is 3.32. The van der Waals surface area contributed by atoms with Crippen LogP contribution < -0.4 is 4.90 Å². The number of rotatable bonds is 1. The van der Waals surface area contributed by atoms with E-state index in [2.05, 4.69) is 15.9 Å². The molecule has 1 aromatic rings. The Morgan fingerprint density at radius 2 is 2.13 bits per heavy atom. The van der Waals surface area contributed by atoms with Gasteiger partial charge in [-0.1, -0.05) is 39.7 Å². The van der Waals surface area contributed by atoms with Crippen molar-refractivity contribution in [2.45, 2.75) is 17.7 Å². The predicted molar refractivity (Wildman–Crippen MR) is 65.8 cm³/mol. The fourth-order valence-corrected chi connectivity index (χ4v) is 2.55. The Bertz CT molecular complexity index is 383. The molecule has 1 aromatic carbocycles. The molecule has 1 aliphatic heterocycles. The zero-order valence-electron chi connectivity index (χ0n) is 8.12. The van der Waals surface area contributed by atoms with Crippen molar-refractivity contribution in [3.05, 3.63) is 29.3 Å². The number of carbonyl (C=O) groups is 1. The van der Waals surface area contributed by atoms with Crippen LogP contribution in [0, 0.1) is 0 Å². The first-order valence-electron chi connectivity index (χ1n) is 4.90. The minimum atomic E-state index is -0.0671. The molecule has 1 fully saturated rings. The lowest BCUT2D eigenvalue weighted by Crippen LogP contribution is -2.41. The zero-order chi connectivity index (χ0) is 10.8. The number of halogens is 2. The van der Waals surface area contributed by atoms with E-state index in [1.54, 1.807) is 4.90 Å². The van der Waals surface area contributed by atoms with Crippen LogP contribution in [0.5, 0.6) is 0 Å². The third-order valence-electron chi connectivity index (χ3n) is 2.52. The molecule has 1 heterocycles. The highest BCUT2D eigenvalue weighted by atomic mass is 79.9. The van der Waals surface area contributed by atoms with Crippen LogP contribution in [0.1, 0.15) is 12.8 Å². The van der Waals surface area contributed by atoms with Gasteiger partial charge in [-0.3, -0.25) is 4.79 Å². The molecule has 0 radical (unpaired) electrons. The minimum Gasteiger partial charge on any atom is -0.310 e. The molecule has 4 heteroatoms. The Morgan fingerprint density at radius 1 is 1.40 bits per heavy atom. The van der Waals surface area contributed by atoms with Gasteiger partial charge in [0.1, 0.15) is 0 Å². The Labute approximate surface area is 102 Å². The average molecular weight is 289 g/mol. The van der Waals surface area contributed by atoms with E-state index in [1.165, 1.54) is 0 Å². The molecule has 2 nitrogen and oxygen atoms in total. The lowest BCUT2D eigenvalue weighted by Gasteiger charge is -2.30. The fraction of sp³-hybridized carbons (Fsp3) is 0.364. The van der Waals surface area contributed by atoms with Crippen LogP contribution in [0.4, 0.5) is 5.69 Å². The van der Waals surface area contributed by atoms with Gasteiger partial charge in [0, 0.05) is 6.54 Å². The topological polar surface area (TPSA) is 20.3 Å². The van der Waals surface area contributed by atoms with Gasteiger partial charge < -0.3 is 4.90 Å². The SMILES string of the molecule is O=C1[C@@H](Br)CCCN1c1ccccc1Cl. The Hall–Kier alpha value is -0.540. The molecular formula is C11H11BrClNO. The van der Waals surface area contributed by atoms with Gasteiger partial charge in [0.2, 0.25) is 5.91 Å². The number of piperidine rings is 1. The van der Waals surface area contributed by atoms with Crippen LogP contribution in [0.25, 0.3) is 0 Å². The van der Waals surface area contributed by atoms with Gasteiger partial charge in [0.15, 0.2) is 0 Å². The van der Waals surface area contributed by atoms with E-state index < -0.39 is 0 Å². The Morgan fingerprint density at radius 3 is 2.87 bits per heavy atom. The quantitative estimate of drug-likeness (QED) is 0.727. The highest BCUT2D eigenvalue weighted by Gasteiger charge is 2.28. The van der Waals surface area contributed by atoms with Crippen LogP contribution in [0.2, 0.25) is 5.02 Å². The van der Waals surface area contributed by atoms with Crippen molar-refractivity contribution < 1.29 is 4.79 Å². The first kappa shape index (κ1) is 11.0. The van der Waals surface area contributed by atoms with Crippen molar-refractivity contribution >= 4 is 39.1 Å². The van der Waals surface area contributed by atoms with Crippen molar-refractivity contribution in [3.8, 4) is 0 Å². The average Bonchev–Trinajstić information content (AvgIpc) is 2.23. The second-order valence-electron chi connectivity index (χ2n) is 3.55. The number of alkyl halides is 1. The van der Waals surface area contributed by atoms with Crippen molar-refractivity contribution in [2.24, 2.45) is 0 Å². The lowest BCUT2D eigenvalue weighted by atomic mass is 10.1. The van der Waals surface area contributed by atoms with E-state index >= 15 is 0 Å². The highest BCUT2D eigenvalue weighted by molar-refractivity contribution is 9.10. The van der Waals surface area contributed by atoms with Crippen LogP contribution in [0.3, 0.4) is 0 Å². The molecule has 0 N–H and O–H groups in total. The molecule has 0 aromatic heterocycles. The number of carbonyl (C=O) groups excluding carboxylic acids is 1. The van der Waals surface area contributed by atoms with Gasteiger partial charge in [0.25, 0.3) is 0 Å². The molecule has 1 aliphatic rings. The first-order chi connectivity index (χ1) is 7.20. The first-order valence-corrected chi connectivity index (χ1v) is 6.19. The number of hydrogen-bond donors (Lipinski definition) is 0. The maximum Gasteiger partial charge on any atom is 0.240 e. The zero-order valence-corrected chi connectivity index (χ0v) is 10.5. The number of anilines is 1. The summed E-state index contributed by atoms with van der Waals surface area (Å²) in [6, 6.07) is 7.45. The van der Waals surface area contributed by atoms with Gasteiger partial charge in [-0.25, -0.2) is 0 Å². The van der Waals surface area contributed by atoms with Gasteiger partial charge in [-0.05, 0) is 25.0 Å². The number of nitrogens with zero attached hydrogens (tertiary/aromatic N) is 1. The summed E-state index contributed by atoms with van der Waals surface area (Å²) in [4.78, 5) is 13.6. The molecule has 80 valence electrons. The van der Waals surface area contributed by atoms with Crippen LogP contribution in [-0.2, 0) is 4.79 Å². The van der Waals surface area contributed by atoms with Crippen LogP contribution in [-0.4, -0.2) is 17.3 Å². The maximum atomic E-state index is 11.9. The molecule has 15 heavy (non-hydrogen) atoms. The molecular weight excluding hydrogens is 277 g/mol. The summed E-state index contributed by atoms with van der Waals surface area (Å²) in [6.45, 7) is 0.755. The number of benzene rings is 1. The summed E-state index contributed by atoms with van der Waals surface area (Å²) in [5.74, 6) is 0.106. The largest absolute Gasteiger partial charge is 0.310 e. The van der Waals surface area contributed by atoms with E-state index in [-0.39, 0.29) is 10.7 Å². The summed E-state index contributed by atoms with van der Waals surface area (Å²) in [5.41, 5.74) is 0.813. The third-order valence-corrected chi connectivity index (χ3v) is 3.69. The monoisotopic (exact) mass is 287 g/mol. The van der Waals surface area contributed by atoms with Crippen LogP contribution in [0.15, 0.2) is 24.3 Å². The second kappa shape index (κ2) is 4.54. The van der Waals surface area contributed by atoms with Crippen molar-refractivity contribution in [1.29, 1.82) is 0 Å². The predicted octanol–water partition coefficient (Wildman–Crippen LogP) is 3.23. The summed E-state index contributed by atoms with van der Waals surface area (Å²) < 4.78 is 0. The molecule has 1 saturated heterocycles. The van der Waals surface area contributed by atoms with Crippen molar-refractivity contribution in [3.63, 3.8) is 0 Å². The van der Waals surface area contributed by atoms with Gasteiger partial charge in [-0.2, -0.15) is 0 Å². The number of amides is 1. The standard InChI is InChI=1S/C11H11BrClNO/c12-8-4-3-7-14(11(8)15)10-6-2-1-5-9(10)13/h1-2,5-6,8H,3-4,7H2/t8-/m0/s1. The van der Waals surface area contributed by atoms with Gasteiger partial charge in [-0.15, -0.1) is 0 Å². The smallest absolute Gasteiger partial charge is 0.240 e. The fourth-order valence-electron chi connectivity index (χ4n) is 1.74. The lowest BCUT2D eigenvalue weighted by molar-refractivity contribution is -0.118. The molecule has 1 amide bonds. The molecule has 0 aliphatic carbocycles. The molecule has 0 spiro atoms. The molecule has 1 atom stereocenters. The second-order valence-corrected chi connectivity index (χ2v) is 5.06. The van der Waals surface area contributed by atoms with E-state index in [0.717, 1.165) is 25.1 Å². The molecule has 0 saturated carbocycles. The number of hydrogen-bond acceptors (Lipinski definition) is 1. The van der Waals surface area contributed by atoms with Gasteiger partial charge >= 0.3 is 0 Å². The molecule has 0 bridgehead atoms. The maximum absolute atomic E-state index is 11.9. The third kappa shape index (κ3) is 2.18. The molecule has 0 unspecified atom stereocenters. The Balaban J connectivity index is 2.30. The number of para-hydroxylation sites is 1. The van der Waals surface area contributed by atoms with E-state index in [9.17, 15) is 4.79 Å². The summed E-state index contributed by atoms with van der Waals surface area (Å²) in [6.07, 6.45) is 1.91. The van der Waals surface area contributed by atoms with Crippen LogP contribution >= 0.6 is 27.5 Å². The summed E-state index contributed by atoms with van der Waals surface area (Å²) in [7, 11) is 0. The van der Waals surface area contributed by atoms with Crippen molar-refractivity contribution in [2.75, 3.05) is 11.4 Å². The van der Waals surface area contributed by atoms with E-state index in [4.69, 9.17) is 11.6 Å². The van der Waals surface area contributed by atoms with E-state index in [0.29, 0.717) is 5.02 Å². The highest BCUT2D eigenvalue weighted by Crippen LogP contribution is 2.30.